The molecule has 3 N–H and O–H groups in total. The lowest BCUT2D eigenvalue weighted by Crippen LogP contribution is -2.38. The molecule has 0 bridgehead atoms. The molecule has 0 aromatic carbocycles. The number of aromatic amines is 1. The smallest absolute Gasteiger partial charge is 0.356 e. The minimum atomic E-state index is -4.66. The first kappa shape index (κ1) is 21.1. The predicted molar refractivity (Wildman–Crippen MR) is 117 cm³/mol. The summed E-state index contributed by atoms with van der Waals surface area (Å²) >= 11 is 0. The zero-order chi connectivity index (χ0) is 23.0. The Bertz CT molecular complexity index is 1340. The molecule has 4 aromatic heterocycles. The number of nitrogens with one attached hydrogen (secondary N) is 3. The van der Waals surface area contributed by atoms with Gasteiger partial charge in [0.2, 0.25) is 5.95 Å². The Morgan fingerprint density at radius 2 is 2.09 bits per heavy atom. The molecule has 5 heterocycles. The molecule has 1 fully saturated rings. The molecule has 0 spiro atoms. The van der Waals surface area contributed by atoms with E-state index in [-0.39, 0.29) is 28.8 Å². The van der Waals surface area contributed by atoms with Crippen LogP contribution in [-0.2, 0) is 6.18 Å². The highest BCUT2D eigenvalue weighted by Gasteiger charge is 2.36. The van der Waals surface area contributed by atoms with E-state index in [9.17, 15) is 18.0 Å². The molecule has 33 heavy (non-hydrogen) atoms. The van der Waals surface area contributed by atoms with Crippen LogP contribution in [0.1, 0.15) is 18.4 Å². The Morgan fingerprint density at radius 3 is 2.82 bits per heavy atom. The van der Waals surface area contributed by atoms with Crippen LogP contribution in [0.25, 0.3) is 27.8 Å². The normalized spacial score (nSPS) is 16.8. The fourth-order valence-electron chi connectivity index (χ4n) is 4.04. The van der Waals surface area contributed by atoms with Crippen LogP contribution in [0, 0.1) is 0 Å². The maximum atomic E-state index is 13.8. The SMILES string of the molecule is O=c1c2[nH]cc(-c3nc(N[C@H]4CCCNC4)ncc3C(F)(F)F)c2ccn1-c1cccnc1. The molecule has 0 amide bonds. The number of pyridine rings is 2. The van der Waals surface area contributed by atoms with Gasteiger partial charge in [-0.25, -0.2) is 9.97 Å². The summed E-state index contributed by atoms with van der Waals surface area (Å²) in [5.41, 5.74) is -0.748. The van der Waals surface area contributed by atoms with Gasteiger partial charge in [-0.3, -0.25) is 14.3 Å². The lowest BCUT2D eigenvalue weighted by atomic mass is 10.1. The van der Waals surface area contributed by atoms with Gasteiger partial charge in [-0.2, -0.15) is 13.2 Å². The average molecular weight is 455 g/mol. The molecule has 4 aromatic rings. The molecule has 170 valence electrons. The molecule has 0 aliphatic carbocycles. The molecular formula is C22H20F3N7O. The van der Waals surface area contributed by atoms with Gasteiger partial charge in [-0.05, 0) is 37.6 Å². The highest BCUT2D eigenvalue weighted by atomic mass is 19.4. The first-order chi connectivity index (χ1) is 15.9. The van der Waals surface area contributed by atoms with Crippen LogP contribution in [0.5, 0.6) is 0 Å². The number of alkyl halides is 3. The molecule has 1 aliphatic rings. The van der Waals surface area contributed by atoms with Crippen molar-refractivity contribution in [1.29, 1.82) is 0 Å². The van der Waals surface area contributed by atoms with E-state index in [2.05, 4.69) is 30.6 Å². The van der Waals surface area contributed by atoms with Gasteiger partial charge in [0.1, 0.15) is 11.1 Å². The van der Waals surface area contributed by atoms with Crippen LogP contribution in [-0.4, -0.2) is 43.6 Å². The zero-order valence-corrected chi connectivity index (χ0v) is 17.4. The third-order valence-electron chi connectivity index (χ3n) is 5.65. The summed E-state index contributed by atoms with van der Waals surface area (Å²) in [5, 5.41) is 6.70. The molecule has 11 heteroatoms. The van der Waals surface area contributed by atoms with E-state index in [1.54, 1.807) is 24.4 Å². The van der Waals surface area contributed by atoms with Crippen LogP contribution in [0.15, 0.2) is 54.0 Å². The van der Waals surface area contributed by atoms with E-state index in [1.807, 2.05) is 0 Å². The van der Waals surface area contributed by atoms with Crippen LogP contribution >= 0.6 is 0 Å². The topological polar surface area (TPSA) is 101 Å². The maximum absolute atomic E-state index is 13.8. The van der Waals surface area contributed by atoms with E-state index >= 15 is 0 Å². The van der Waals surface area contributed by atoms with Crippen LogP contribution in [0.2, 0.25) is 0 Å². The minimum absolute atomic E-state index is 0.0259. The van der Waals surface area contributed by atoms with Crippen molar-refractivity contribution < 1.29 is 13.2 Å². The van der Waals surface area contributed by atoms with E-state index in [4.69, 9.17) is 0 Å². The first-order valence-corrected chi connectivity index (χ1v) is 10.5. The summed E-state index contributed by atoms with van der Waals surface area (Å²) < 4.78 is 42.8. The first-order valence-electron chi connectivity index (χ1n) is 10.5. The van der Waals surface area contributed by atoms with Crippen molar-refractivity contribution >= 4 is 16.9 Å². The van der Waals surface area contributed by atoms with Gasteiger partial charge in [0.05, 0.1) is 17.6 Å². The van der Waals surface area contributed by atoms with Gasteiger partial charge in [0.25, 0.3) is 5.56 Å². The van der Waals surface area contributed by atoms with Crippen molar-refractivity contribution in [3.63, 3.8) is 0 Å². The number of H-pyrrole nitrogens is 1. The molecule has 1 saturated heterocycles. The number of rotatable bonds is 4. The monoisotopic (exact) mass is 455 g/mol. The van der Waals surface area contributed by atoms with Crippen molar-refractivity contribution in [3.05, 3.63) is 65.1 Å². The lowest BCUT2D eigenvalue weighted by molar-refractivity contribution is -0.137. The van der Waals surface area contributed by atoms with Gasteiger partial charge in [0, 0.05) is 48.3 Å². The Hall–Kier alpha value is -3.73. The largest absolute Gasteiger partial charge is 0.419 e. The predicted octanol–water partition coefficient (Wildman–Crippen LogP) is 3.35. The second-order valence-electron chi connectivity index (χ2n) is 7.83. The number of anilines is 1. The van der Waals surface area contributed by atoms with Crippen LogP contribution in [0.4, 0.5) is 19.1 Å². The third-order valence-corrected chi connectivity index (χ3v) is 5.65. The highest BCUT2D eigenvalue weighted by molar-refractivity contribution is 5.95. The summed E-state index contributed by atoms with van der Waals surface area (Å²) in [5.74, 6) is 0.116. The Balaban J connectivity index is 1.61. The molecule has 0 radical (unpaired) electrons. The molecule has 0 saturated carbocycles. The molecule has 5 rings (SSSR count). The number of aromatic nitrogens is 5. The molecule has 1 atom stereocenters. The van der Waals surface area contributed by atoms with Crippen molar-refractivity contribution in [2.75, 3.05) is 18.4 Å². The Labute approximate surface area is 185 Å². The number of hydrogen-bond acceptors (Lipinski definition) is 6. The quantitative estimate of drug-likeness (QED) is 0.436. The Kier molecular flexibility index (Phi) is 5.33. The molecule has 1 aliphatic heterocycles. The van der Waals surface area contributed by atoms with Gasteiger partial charge < -0.3 is 15.6 Å². The Morgan fingerprint density at radius 1 is 1.21 bits per heavy atom. The van der Waals surface area contributed by atoms with E-state index in [0.29, 0.717) is 17.6 Å². The fraction of sp³-hybridized carbons (Fsp3) is 0.273. The number of piperidine rings is 1. The van der Waals surface area contributed by atoms with Crippen molar-refractivity contribution in [3.8, 4) is 16.9 Å². The summed E-state index contributed by atoms with van der Waals surface area (Å²) in [7, 11) is 0. The maximum Gasteiger partial charge on any atom is 0.419 e. The second-order valence-corrected chi connectivity index (χ2v) is 7.83. The van der Waals surface area contributed by atoms with Crippen LogP contribution < -0.4 is 16.2 Å². The summed E-state index contributed by atoms with van der Waals surface area (Å²) in [6, 6.07) is 5.03. The minimum Gasteiger partial charge on any atom is -0.356 e. The number of hydrogen-bond donors (Lipinski definition) is 3. The summed E-state index contributed by atoms with van der Waals surface area (Å²) in [6.07, 6.45) is 3.96. The van der Waals surface area contributed by atoms with Crippen molar-refractivity contribution in [2.24, 2.45) is 0 Å². The highest BCUT2D eigenvalue weighted by Crippen LogP contribution is 2.38. The van der Waals surface area contributed by atoms with E-state index in [1.165, 1.54) is 23.2 Å². The van der Waals surface area contributed by atoms with Gasteiger partial charge in [-0.1, -0.05) is 0 Å². The van der Waals surface area contributed by atoms with Crippen LogP contribution in [0.3, 0.4) is 0 Å². The standard InChI is InChI=1S/C22H20F3N7O/c23-22(24,25)17-12-29-21(30-13-3-1-6-26-9-13)31-18(17)16-11-28-19-15(16)5-8-32(20(19)33)14-4-2-7-27-10-14/h2,4-5,7-8,10-13,26,28H,1,3,6,9H2,(H,29,30,31)/t13-/m0/s1. The van der Waals surface area contributed by atoms with Gasteiger partial charge in [-0.15, -0.1) is 0 Å². The molecule has 8 nitrogen and oxygen atoms in total. The van der Waals surface area contributed by atoms with E-state index < -0.39 is 17.3 Å². The van der Waals surface area contributed by atoms with Gasteiger partial charge in [0.15, 0.2) is 0 Å². The third kappa shape index (κ3) is 4.07. The number of nitrogens with zero attached hydrogens (tertiary/aromatic N) is 4. The fourth-order valence-corrected chi connectivity index (χ4v) is 4.04. The summed E-state index contributed by atoms with van der Waals surface area (Å²) in [6.45, 7) is 1.59. The zero-order valence-electron chi connectivity index (χ0n) is 17.4. The summed E-state index contributed by atoms with van der Waals surface area (Å²) in [4.78, 5) is 28.0. The van der Waals surface area contributed by atoms with Crippen molar-refractivity contribution in [1.82, 2.24) is 29.8 Å². The van der Waals surface area contributed by atoms with Crippen molar-refractivity contribution in [2.45, 2.75) is 25.1 Å². The lowest BCUT2D eigenvalue weighted by Gasteiger charge is -2.24. The van der Waals surface area contributed by atoms with Gasteiger partial charge >= 0.3 is 6.18 Å². The average Bonchev–Trinajstić information content (AvgIpc) is 3.25. The molecule has 0 unspecified atom stereocenters. The number of halogens is 3. The number of fused-ring (bicyclic) bond motifs is 1. The molecular weight excluding hydrogens is 435 g/mol. The van der Waals surface area contributed by atoms with E-state index in [0.717, 1.165) is 25.6 Å². The second kappa shape index (κ2) is 8.32.